The van der Waals surface area contributed by atoms with E-state index in [1.54, 1.807) is 4.68 Å². The number of anilines is 1. The number of aromatic nitrogens is 3. The number of hydrogen-bond acceptors (Lipinski definition) is 8. The van der Waals surface area contributed by atoms with Crippen LogP contribution in [0, 0.1) is 0 Å². The van der Waals surface area contributed by atoms with Crippen LogP contribution < -0.4 is 17.0 Å². The van der Waals surface area contributed by atoms with Crippen LogP contribution in [0.25, 0.3) is 11.3 Å². The smallest absolute Gasteiger partial charge is 0.113 e. The van der Waals surface area contributed by atoms with Crippen molar-refractivity contribution in [1.82, 2.24) is 20.4 Å². The maximum Gasteiger partial charge on any atom is 0.113 e. The quantitative estimate of drug-likeness (QED) is 0.200. The predicted molar refractivity (Wildman–Crippen MR) is 94.5 cm³/mol. The van der Waals surface area contributed by atoms with Crippen molar-refractivity contribution < 1.29 is 14.2 Å². The van der Waals surface area contributed by atoms with Crippen LogP contribution in [0.1, 0.15) is 0 Å². The lowest BCUT2D eigenvalue weighted by Gasteiger charge is -2.06. The number of ether oxygens (including phenoxy) is 3. The minimum absolute atomic E-state index is 0.532. The Morgan fingerprint density at radius 1 is 0.920 bits per heavy atom. The first-order valence-corrected chi connectivity index (χ1v) is 8.22. The van der Waals surface area contributed by atoms with E-state index in [1.807, 2.05) is 30.5 Å². The van der Waals surface area contributed by atoms with Crippen molar-refractivity contribution in [3.8, 4) is 11.3 Å². The summed E-state index contributed by atoms with van der Waals surface area (Å²) in [5, 5.41) is 8.24. The van der Waals surface area contributed by atoms with Crippen molar-refractivity contribution in [3.05, 3.63) is 30.5 Å². The number of hydrazine groups is 1. The summed E-state index contributed by atoms with van der Waals surface area (Å²) in [5.74, 6) is 5.12. The van der Waals surface area contributed by atoms with Gasteiger partial charge in [0.15, 0.2) is 0 Å². The molecule has 0 aliphatic carbocycles. The summed E-state index contributed by atoms with van der Waals surface area (Å²) >= 11 is 0. The molecule has 2 aromatic rings. The second kappa shape index (κ2) is 11.5. The third kappa shape index (κ3) is 7.59. The van der Waals surface area contributed by atoms with Gasteiger partial charge in [-0.05, 0) is 12.1 Å². The lowest BCUT2D eigenvalue weighted by Crippen LogP contribution is -2.26. The molecule has 25 heavy (non-hydrogen) atoms. The van der Waals surface area contributed by atoms with Gasteiger partial charge in [0.1, 0.15) is 5.69 Å². The third-order valence-corrected chi connectivity index (χ3v) is 3.34. The molecule has 0 aliphatic rings. The van der Waals surface area contributed by atoms with E-state index >= 15 is 0 Å². The average Bonchev–Trinajstić information content (AvgIpc) is 3.09. The molecular weight excluding hydrogens is 324 g/mol. The summed E-state index contributed by atoms with van der Waals surface area (Å²) < 4.78 is 17.9. The Balaban J connectivity index is 1.52. The van der Waals surface area contributed by atoms with Crippen LogP contribution in [0.5, 0.6) is 0 Å². The van der Waals surface area contributed by atoms with Gasteiger partial charge in [-0.3, -0.25) is 11.3 Å². The highest BCUT2D eigenvalue weighted by atomic mass is 16.5. The summed E-state index contributed by atoms with van der Waals surface area (Å²) in [7, 11) is 0. The molecular formula is C16H26N6O3. The summed E-state index contributed by atoms with van der Waals surface area (Å²) in [6.45, 7) is 4.55. The Kier molecular flexibility index (Phi) is 8.87. The summed E-state index contributed by atoms with van der Waals surface area (Å²) in [4.78, 5) is 0. The zero-order valence-electron chi connectivity index (χ0n) is 14.3. The molecule has 0 atom stereocenters. The van der Waals surface area contributed by atoms with Crippen molar-refractivity contribution in [2.75, 3.05) is 51.9 Å². The molecule has 1 heterocycles. The minimum Gasteiger partial charge on any atom is -0.399 e. The zero-order chi connectivity index (χ0) is 17.7. The van der Waals surface area contributed by atoms with Crippen molar-refractivity contribution in [1.29, 1.82) is 0 Å². The number of nitrogens with one attached hydrogen (secondary N) is 1. The number of nitrogens with zero attached hydrogens (tertiary/aromatic N) is 3. The SMILES string of the molecule is NNCCOCCOCCOCCn1cc(-c2ccc(N)cc2)nn1. The van der Waals surface area contributed by atoms with Crippen molar-refractivity contribution in [3.63, 3.8) is 0 Å². The third-order valence-electron chi connectivity index (χ3n) is 3.34. The minimum atomic E-state index is 0.532. The number of hydrogen-bond donors (Lipinski definition) is 3. The molecule has 0 radical (unpaired) electrons. The molecule has 138 valence electrons. The number of rotatable bonds is 13. The molecule has 0 saturated heterocycles. The monoisotopic (exact) mass is 350 g/mol. The van der Waals surface area contributed by atoms with E-state index in [0.717, 1.165) is 16.9 Å². The van der Waals surface area contributed by atoms with Gasteiger partial charge in [0.05, 0.1) is 52.4 Å². The predicted octanol–water partition coefficient (Wildman–Crippen LogP) is 0.0404. The maximum absolute atomic E-state index is 5.68. The Morgan fingerprint density at radius 3 is 2.24 bits per heavy atom. The van der Waals surface area contributed by atoms with Crippen molar-refractivity contribution >= 4 is 5.69 Å². The molecule has 2 rings (SSSR count). The van der Waals surface area contributed by atoms with Gasteiger partial charge in [-0.2, -0.15) is 0 Å². The Bertz CT molecular complexity index is 590. The number of nitrogen functional groups attached to an aromatic ring is 1. The first-order chi connectivity index (χ1) is 12.3. The zero-order valence-corrected chi connectivity index (χ0v) is 14.3. The molecule has 0 spiro atoms. The van der Waals surface area contributed by atoms with E-state index in [4.69, 9.17) is 25.8 Å². The average molecular weight is 350 g/mol. The maximum atomic E-state index is 5.68. The fourth-order valence-corrected chi connectivity index (χ4v) is 2.02. The van der Waals surface area contributed by atoms with Crippen LogP contribution in [-0.4, -0.2) is 61.2 Å². The summed E-state index contributed by atoms with van der Waals surface area (Å²) in [5.41, 5.74) is 10.7. The molecule has 0 amide bonds. The highest BCUT2D eigenvalue weighted by molar-refractivity contribution is 5.60. The standard InChI is InChI=1S/C16H26N6O3/c17-15-3-1-14(2-4-15)16-13-22(21-20-16)6-8-24-10-12-25-11-9-23-7-5-19-18/h1-4,13,19H,5-12,17-18H2. The number of nitrogens with two attached hydrogens (primary N) is 2. The van der Waals surface area contributed by atoms with E-state index < -0.39 is 0 Å². The van der Waals surface area contributed by atoms with Crippen LogP contribution in [-0.2, 0) is 20.8 Å². The van der Waals surface area contributed by atoms with Crippen LogP contribution in [0.3, 0.4) is 0 Å². The van der Waals surface area contributed by atoms with Crippen molar-refractivity contribution in [2.45, 2.75) is 6.54 Å². The lowest BCUT2D eigenvalue weighted by molar-refractivity contribution is 0.0133. The van der Waals surface area contributed by atoms with Gasteiger partial charge in [-0.15, -0.1) is 5.10 Å². The van der Waals surface area contributed by atoms with Crippen molar-refractivity contribution in [2.24, 2.45) is 5.84 Å². The van der Waals surface area contributed by atoms with Gasteiger partial charge < -0.3 is 19.9 Å². The molecule has 1 aromatic carbocycles. The van der Waals surface area contributed by atoms with E-state index in [1.165, 1.54) is 0 Å². The molecule has 0 saturated carbocycles. The molecule has 1 aromatic heterocycles. The fourth-order valence-electron chi connectivity index (χ4n) is 2.02. The van der Waals surface area contributed by atoms with E-state index in [9.17, 15) is 0 Å². The normalized spacial score (nSPS) is 11.1. The number of benzene rings is 1. The van der Waals surface area contributed by atoms with Crippen LogP contribution in [0.2, 0.25) is 0 Å². The molecule has 5 N–H and O–H groups in total. The van der Waals surface area contributed by atoms with Gasteiger partial charge in [0, 0.05) is 17.8 Å². The molecule has 0 aliphatic heterocycles. The highest BCUT2D eigenvalue weighted by Crippen LogP contribution is 2.17. The van der Waals surface area contributed by atoms with E-state index in [-0.39, 0.29) is 0 Å². The molecule has 0 fully saturated rings. The summed E-state index contributed by atoms with van der Waals surface area (Å²) in [6.07, 6.45) is 1.89. The second-order valence-corrected chi connectivity index (χ2v) is 5.28. The molecule has 0 bridgehead atoms. The largest absolute Gasteiger partial charge is 0.399 e. The topological polar surface area (TPSA) is 122 Å². The Morgan fingerprint density at radius 2 is 1.56 bits per heavy atom. The van der Waals surface area contributed by atoms with Gasteiger partial charge >= 0.3 is 0 Å². The molecule has 0 unspecified atom stereocenters. The summed E-state index contributed by atoms with van der Waals surface area (Å²) in [6, 6.07) is 7.54. The van der Waals surface area contributed by atoms with Gasteiger partial charge in [-0.1, -0.05) is 17.3 Å². The van der Waals surface area contributed by atoms with Gasteiger partial charge in [0.2, 0.25) is 0 Å². The first-order valence-electron chi connectivity index (χ1n) is 8.22. The molecule has 9 nitrogen and oxygen atoms in total. The second-order valence-electron chi connectivity index (χ2n) is 5.28. The van der Waals surface area contributed by atoms with E-state index in [0.29, 0.717) is 52.7 Å². The van der Waals surface area contributed by atoms with Crippen LogP contribution >= 0.6 is 0 Å². The Labute approximate surface area is 147 Å². The van der Waals surface area contributed by atoms with Crippen LogP contribution in [0.4, 0.5) is 5.69 Å². The highest BCUT2D eigenvalue weighted by Gasteiger charge is 2.03. The van der Waals surface area contributed by atoms with Gasteiger partial charge in [-0.25, -0.2) is 4.68 Å². The lowest BCUT2D eigenvalue weighted by atomic mass is 10.1. The van der Waals surface area contributed by atoms with Crippen LogP contribution in [0.15, 0.2) is 30.5 Å². The van der Waals surface area contributed by atoms with Gasteiger partial charge in [0.25, 0.3) is 0 Å². The van der Waals surface area contributed by atoms with E-state index in [2.05, 4.69) is 15.7 Å². The Hall–Kier alpha value is -2.04. The molecule has 9 heteroatoms. The fraction of sp³-hybridized carbons (Fsp3) is 0.500. The first kappa shape index (κ1) is 19.3.